The van der Waals surface area contributed by atoms with E-state index in [0.717, 1.165) is 17.3 Å². The first kappa shape index (κ1) is 9.58. The fraction of sp³-hybridized carbons (Fsp3) is 0.444. The van der Waals surface area contributed by atoms with Gasteiger partial charge >= 0.3 is 5.97 Å². The van der Waals surface area contributed by atoms with E-state index >= 15 is 0 Å². The Bertz CT molecular complexity index is 360. The topological polar surface area (TPSA) is 52.1 Å². The molecule has 4 nitrogen and oxygen atoms in total. The van der Waals surface area contributed by atoms with E-state index in [1.165, 1.54) is 7.11 Å². The highest BCUT2D eigenvalue weighted by atomic mass is 79.9. The molecule has 1 fully saturated rings. The fourth-order valence-corrected chi connectivity index (χ4v) is 1.60. The van der Waals surface area contributed by atoms with E-state index in [1.54, 1.807) is 12.4 Å². The number of carbonyl (C=O) groups excluding carboxylic acids is 1. The molecule has 14 heavy (non-hydrogen) atoms. The predicted molar refractivity (Wildman–Crippen MR) is 52.7 cm³/mol. The summed E-state index contributed by atoms with van der Waals surface area (Å²) in [6, 6.07) is 0. The maximum absolute atomic E-state index is 11.5. The highest BCUT2D eigenvalue weighted by molar-refractivity contribution is 9.10. The molecule has 0 aromatic carbocycles. The van der Waals surface area contributed by atoms with E-state index in [-0.39, 0.29) is 5.97 Å². The molecular formula is C9H9BrN2O2. The molecule has 0 atom stereocenters. The number of nitrogens with zero attached hydrogens (tertiary/aromatic N) is 2. The van der Waals surface area contributed by atoms with Crippen LogP contribution in [-0.4, -0.2) is 23.0 Å². The summed E-state index contributed by atoms with van der Waals surface area (Å²) in [6.07, 6.45) is 4.85. The minimum Gasteiger partial charge on any atom is -0.468 e. The smallest absolute Gasteiger partial charge is 0.319 e. The first-order valence-electron chi connectivity index (χ1n) is 4.25. The molecule has 1 saturated carbocycles. The average Bonchev–Trinajstić information content (AvgIpc) is 2.99. The molecule has 0 N–H and O–H groups in total. The summed E-state index contributed by atoms with van der Waals surface area (Å²) in [5.74, 6) is 0.326. The van der Waals surface area contributed by atoms with Crippen molar-refractivity contribution in [1.29, 1.82) is 0 Å². The Balaban J connectivity index is 2.31. The lowest BCUT2D eigenvalue weighted by Gasteiger charge is -2.09. The Hall–Kier alpha value is -0.970. The highest BCUT2D eigenvalue weighted by Gasteiger charge is 2.55. The average molecular weight is 257 g/mol. The molecule has 1 aliphatic carbocycles. The van der Waals surface area contributed by atoms with E-state index < -0.39 is 5.41 Å². The molecule has 1 heterocycles. The number of hydrogen-bond acceptors (Lipinski definition) is 4. The third-order valence-corrected chi connectivity index (χ3v) is 2.78. The lowest BCUT2D eigenvalue weighted by Crippen LogP contribution is -2.24. The number of methoxy groups -OCH3 is 1. The minimum atomic E-state index is -0.560. The van der Waals surface area contributed by atoms with E-state index in [4.69, 9.17) is 4.74 Å². The summed E-state index contributed by atoms with van der Waals surface area (Å²) in [5.41, 5.74) is -0.560. The maximum atomic E-state index is 11.5. The highest BCUT2D eigenvalue weighted by Crippen LogP contribution is 2.47. The van der Waals surface area contributed by atoms with Gasteiger partial charge in [-0.3, -0.25) is 4.79 Å². The molecule has 0 aliphatic heterocycles. The molecular weight excluding hydrogens is 248 g/mol. The molecule has 2 rings (SSSR count). The van der Waals surface area contributed by atoms with Crippen molar-refractivity contribution in [3.8, 4) is 0 Å². The molecule has 1 aromatic rings. The quantitative estimate of drug-likeness (QED) is 0.752. The number of carbonyl (C=O) groups is 1. The van der Waals surface area contributed by atoms with Crippen LogP contribution in [0.25, 0.3) is 0 Å². The van der Waals surface area contributed by atoms with Gasteiger partial charge in [0.05, 0.1) is 11.6 Å². The first-order chi connectivity index (χ1) is 6.69. The zero-order valence-corrected chi connectivity index (χ0v) is 9.24. The van der Waals surface area contributed by atoms with Gasteiger partial charge in [-0.2, -0.15) is 0 Å². The van der Waals surface area contributed by atoms with Gasteiger partial charge in [0.15, 0.2) is 0 Å². The molecule has 0 radical (unpaired) electrons. The van der Waals surface area contributed by atoms with Crippen LogP contribution in [0.5, 0.6) is 0 Å². The Kier molecular flexibility index (Phi) is 2.26. The molecule has 0 amide bonds. The lowest BCUT2D eigenvalue weighted by molar-refractivity contribution is -0.143. The Morgan fingerprint density at radius 1 is 1.50 bits per heavy atom. The monoisotopic (exact) mass is 256 g/mol. The van der Waals surface area contributed by atoms with Crippen molar-refractivity contribution in [2.45, 2.75) is 18.3 Å². The number of aromatic nitrogens is 2. The Morgan fingerprint density at radius 2 is 2.07 bits per heavy atom. The number of halogens is 1. The second kappa shape index (κ2) is 3.31. The minimum absolute atomic E-state index is 0.236. The second-order valence-electron chi connectivity index (χ2n) is 3.30. The zero-order valence-electron chi connectivity index (χ0n) is 7.66. The Morgan fingerprint density at radius 3 is 2.50 bits per heavy atom. The molecule has 0 bridgehead atoms. The summed E-state index contributed by atoms with van der Waals surface area (Å²) in [6.45, 7) is 0. The standard InChI is InChI=1S/C9H9BrN2O2/c1-14-8(13)9(2-3-9)7-11-4-6(10)5-12-7/h4-5H,2-3H2,1H3. The normalized spacial score (nSPS) is 17.6. The van der Waals surface area contributed by atoms with Crippen LogP contribution in [0.2, 0.25) is 0 Å². The van der Waals surface area contributed by atoms with E-state index in [1.807, 2.05) is 0 Å². The van der Waals surface area contributed by atoms with E-state index in [0.29, 0.717) is 5.82 Å². The molecule has 0 unspecified atom stereocenters. The van der Waals surface area contributed by atoms with Crippen LogP contribution in [0.4, 0.5) is 0 Å². The number of ether oxygens (including phenoxy) is 1. The number of rotatable bonds is 2. The predicted octanol–water partition coefficient (Wildman–Crippen LogP) is 1.44. The SMILES string of the molecule is COC(=O)C1(c2ncc(Br)cn2)CC1. The van der Waals surface area contributed by atoms with Gasteiger partial charge in [0.1, 0.15) is 11.2 Å². The summed E-state index contributed by atoms with van der Waals surface area (Å²) in [5, 5.41) is 0. The van der Waals surface area contributed by atoms with Gasteiger partial charge in [-0.25, -0.2) is 9.97 Å². The van der Waals surface area contributed by atoms with Gasteiger partial charge in [0.25, 0.3) is 0 Å². The van der Waals surface area contributed by atoms with Crippen molar-refractivity contribution in [2.24, 2.45) is 0 Å². The van der Waals surface area contributed by atoms with Gasteiger partial charge in [-0.05, 0) is 28.8 Å². The van der Waals surface area contributed by atoms with Gasteiger partial charge in [-0.15, -0.1) is 0 Å². The summed E-state index contributed by atoms with van der Waals surface area (Å²) >= 11 is 3.25. The van der Waals surface area contributed by atoms with Crippen LogP contribution in [0.3, 0.4) is 0 Å². The molecule has 1 aliphatic rings. The van der Waals surface area contributed by atoms with Crippen molar-refractivity contribution in [3.05, 3.63) is 22.7 Å². The zero-order chi connectivity index (χ0) is 10.2. The molecule has 5 heteroatoms. The molecule has 0 spiro atoms. The van der Waals surface area contributed by atoms with Crippen molar-refractivity contribution in [2.75, 3.05) is 7.11 Å². The third-order valence-electron chi connectivity index (χ3n) is 2.37. The first-order valence-corrected chi connectivity index (χ1v) is 5.05. The lowest BCUT2D eigenvalue weighted by atomic mass is 10.1. The van der Waals surface area contributed by atoms with Crippen LogP contribution in [-0.2, 0) is 14.9 Å². The van der Waals surface area contributed by atoms with Crippen LogP contribution in [0, 0.1) is 0 Å². The van der Waals surface area contributed by atoms with Gasteiger partial charge in [-0.1, -0.05) is 0 Å². The summed E-state index contributed by atoms with van der Waals surface area (Å²) < 4.78 is 5.54. The van der Waals surface area contributed by atoms with E-state index in [2.05, 4.69) is 25.9 Å². The number of hydrogen-bond donors (Lipinski definition) is 0. The number of esters is 1. The van der Waals surface area contributed by atoms with Gasteiger partial charge < -0.3 is 4.74 Å². The van der Waals surface area contributed by atoms with Crippen molar-refractivity contribution in [3.63, 3.8) is 0 Å². The molecule has 74 valence electrons. The van der Waals surface area contributed by atoms with E-state index in [9.17, 15) is 4.79 Å². The second-order valence-corrected chi connectivity index (χ2v) is 4.21. The van der Waals surface area contributed by atoms with Crippen molar-refractivity contribution in [1.82, 2.24) is 9.97 Å². The van der Waals surface area contributed by atoms with Gasteiger partial charge in [0, 0.05) is 12.4 Å². The molecule has 1 aromatic heterocycles. The maximum Gasteiger partial charge on any atom is 0.319 e. The van der Waals surface area contributed by atoms with Gasteiger partial charge in [0.2, 0.25) is 0 Å². The largest absolute Gasteiger partial charge is 0.468 e. The van der Waals surface area contributed by atoms with Crippen LogP contribution in [0.15, 0.2) is 16.9 Å². The van der Waals surface area contributed by atoms with Crippen LogP contribution < -0.4 is 0 Å². The Labute approximate surface area is 89.8 Å². The van der Waals surface area contributed by atoms with Crippen molar-refractivity contribution >= 4 is 21.9 Å². The summed E-state index contributed by atoms with van der Waals surface area (Å²) in [7, 11) is 1.39. The third kappa shape index (κ3) is 1.41. The fourth-order valence-electron chi connectivity index (χ4n) is 1.40. The van der Waals surface area contributed by atoms with Crippen molar-refractivity contribution < 1.29 is 9.53 Å². The van der Waals surface area contributed by atoms with Crippen LogP contribution >= 0.6 is 15.9 Å². The summed E-state index contributed by atoms with van der Waals surface area (Å²) in [4.78, 5) is 19.7. The molecule has 0 saturated heterocycles. The van der Waals surface area contributed by atoms with Crippen LogP contribution in [0.1, 0.15) is 18.7 Å².